The Bertz CT molecular complexity index is 958. The highest BCUT2D eigenvalue weighted by Crippen LogP contribution is 2.44. The van der Waals surface area contributed by atoms with Gasteiger partial charge in [-0.3, -0.25) is 4.98 Å². The van der Waals surface area contributed by atoms with Gasteiger partial charge >= 0.3 is 0 Å². The minimum absolute atomic E-state index is 0.00772. The van der Waals surface area contributed by atoms with Gasteiger partial charge in [0.25, 0.3) is 0 Å². The molecule has 1 aromatic heterocycles. The van der Waals surface area contributed by atoms with Crippen LogP contribution in [-0.2, 0) is 13.0 Å². The molecular weight excluding hydrogens is 336 g/mol. The van der Waals surface area contributed by atoms with Crippen LogP contribution in [0.2, 0.25) is 0 Å². The Morgan fingerprint density at radius 2 is 1.89 bits per heavy atom. The fourth-order valence-corrected chi connectivity index (χ4v) is 3.56. The largest absolute Gasteiger partial charge is 0.507 e. The lowest BCUT2D eigenvalue weighted by Gasteiger charge is -2.24. The van der Waals surface area contributed by atoms with Gasteiger partial charge < -0.3 is 15.6 Å². The molecule has 0 atom stereocenters. The Kier molecular flexibility index (Phi) is 5.56. The van der Waals surface area contributed by atoms with Crippen LogP contribution in [0.25, 0.3) is 21.7 Å². The molecule has 0 amide bonds. The van der Waals surface area contributed by atoms with Gasteiger partial charge in [0.05, 0.1) is 12.0 Å². The molecule has 0 aliphatic rings. The zero-order chi connectivity index (χ0) is 19.6. The van der Waals surface area contributed by atoms with Crippen LogP contribution in [0.5, 0.6) is 11.5 Å². The maximum absolute atomic E-state index is 11.3. The van der Waals surface area contributed by atoms with Crippen LogP contribution in [0.15, 0.2) is 30.5 Å². The number of phenols is 1. The highest BCUT2D eigenvalue weighted by Gasteiger charge is 2.25. The minimum atomic E-state index is 0.00772. The molecule has 0 bridgehead atoms. The first-order chi connectivity index (χ1) is 12.9. The molecule has 0 saturated carbocycles. The Morgan fingerprint density at radius 3 is 2.56 bits per heavy atom. The van der Waals surface area contributed by atoms with Gasteiger partial charge in [0.15, 0.2) is 5.75 Å². The summed E-state index contributed by atoms with van der Waals surface area (Å²) in [6.07, 6.45) is 4.58. The van der Waals surface area contributed by atoms with Crippen molar-refractivity contribution in [2.45, 2.75) is 53.5 Å². The maximum Gasteiger partial charge on any atom is 0.150 e. The van der Waals surface area contributed by atoms with Gasteiger partial charge in [-0.05, 0) is 23.6 Å². The number of unbranched alkanes of at least 4 members (excludes halogenated alkanes) is 1. The molecule has 3 aromatic rings. The number of benzene rings is 2. The first-order valence-corrected chi connectivity index (χ1v) is 9.74. The summed E-state index contributed by atoms with van der Waals surface area (Å²) < 4.78 is 6.19. The maximum atomic E-state index is 11.3. The summed E-state index contributed by atoms with van der Waals surface area (Å²) >= 11 is 0. The van der Waals surface area contributed by atoms with E-state index in [0.29, 0.717) is 25.1 Å². The van der Waals surface area contributed by atoms with Crippen LogP contribution in [-0.4, -0.2) is 16.7 Å². The standard InChI is InChI=1S/C23H30N2O2/c1-5-6-11-27-22-18(13-24)17(12-23(2,3)4)21(26)19-16-10-8-7-9-15(16)14-25-20(19)22/h7-10,14,26H,5-6,11-13,24H2,1-4H3. The summed E-state index contributed by atoms with van der Waals surface area (Å²) in [4.78, 5) is 4.65. The van der Waals surface area contributed by atoms with Crippen molar-refractivity contribution >= 4 is 21.7 Å². The number of nitrogens with two attached hydrogens (primary N) is 1. The summed E-state index contributed by atoms with van der Waals surface area (Å²) in [5, 5.41) is 14.0. The third-order valence-electron chi connectivity index (χ3n) is 4.83. The van der Waals surface area contributed by atoms with Crippen LogP contribution in [0.4, 0.5) is 0 Å². The lowest BCUT2D eigenvalue weighted by molar-refractivity contribution is 0.307. The number of aromatic hydroxyl groups is 1. The quantitative estimate of drug-likeness (QED) is 0.458. The molecule has 144 valence electrons. The SMILES string of the molecule is CCCCOc1c(CN)c(CC(C)(C)C)c(O)c2c1ncc1ccccc12. The van der Waals surface area contributed by atoms with Crippen LogP contribution >= 0.6 is 0 Å². The van der Waals surface area contributed by atoms with E-state index in [9.17, 15) is 5.11 Å². The van der Waals surface area contributed by atoms with Crippen molar-refractivity contribution in [2.75, 3.05) is 6.61 Å². The Balaban J connectivity index is 2.37. The molecule has 3 rings (SSSR count). The summed E-state index contributed by atoms with van der Waals surface area (Å²) in [7, 11) is 0. The van der Waals surface area contributed by atoms with Crippen molar-refractivity contribution in [1.29, 1.82) is 0 Å². The minimum Gasteiger partial charge on any atom is -0.507 e. The second-order valence-corrected chi connectivity index (χ2v) is 8.35. The Morgan fingerprint density at radius 1 is 1.15 bits per heavy atom. The number of aromatic nitrogens is 1. The van der Waals surface area contributed by atoms with Crippen LogP contribution < -0.4 is 10.5 Å². The van der Waals surface area contributed by atoms with E-state index in [1.165, 1.54) is 0 Å². The molecule has 4 nitrogen and oxygen atoms in total. The lowest BCUT2D eigenvalue weighted by atomic mass is 9.84. The topological polar surface area (TPSA) is 68.4 Å². The van der Waals surface area contributed by atoms with E-state index >= 15 is 0 Å². The molecule has 0 fully saturated rings. The average Bonchev–Trinajstić information content (AvgIpc) is 2.63. The molecule has 3 N–H and O–H groups in total. The molecule has 27 heavy (non-hydrogen) atoms. The first kappa shape index (κ1) is 19.4. The highest BCUT2D eigenvalue weighted by molar-refractivity contribution is 6.11. The molecule has 0 saturated heterocycles. The highest BCUT2D eigenvalue weighted by atomic mass is 16.5. The number of nitrogens with zero attached hydrogens (tertiary/aromatic N) is 1. The third kappa shape index (κ3) is 3.86. The number of hydrogen-bond donors (Lipinski definition) is 2. The molecule has 0 radical (unpaired) electrons. The smallest absolute Gasteiger partial charge is 0.150 e. The number of ether oxygens (including phenoxy) is 1. The van der Waals surface area contributed by atoms with Gasteiger partial charge in [0, 0.05) is 29.3 Å². The predicted octanol–water partition coefficient (Wildman–Crippen LogP) is 5.32. The number of fused-ring (bicyclic) bond motifs is 3. The van der Waals surface area contributed by atoms with E-state index < -0.39 is 0 Å². The van der Waals surface area contributed by atoms with E-state index in [4.69, 9.17) is 10.5 Å². The van der Waals surface area contributed by atoms with Crippen molar-refractivity contribution in [3.05, 3.63) is 41.6 Å². The van der Waals surface area contributed by atoms with Gasteiger partial charge in [0.1, 0.15) is 11.3 Å². The van der Waals surface area contributed by atoms with E-state index in [0.717, 1.165) is 45.9 Å². The van der Waals surface area contributed by atoms with E-state index in [1.54, 1.807) is 0 Å². The zero-order valence-corrected chi connectivity index (χ0v) is 16.8. The summed E-state index contributed by atoms with van der Waals surface area (Å²) in [5.74, 6) is 1.01. The van der Waals surface area contributed by atoms with Gasteiger partial charge in [0.2, 0.25) is 0 Å². The van der Waals surface area contributed by atoms with Crippen molar-refractivity contribution in [1.82, 2.24) is 4.98 Å². The van der Waals surface area contributed by atoms with Crippen LogP contribution in [0.3, 0.4) is 0 Å². The van der Waals surface area contributed by atoms with Crippen molar-refractivity contribution in [2.24, 2.45) is 11.1 Å². The van der Waals surface area contributed by atoms with Crippen LogP contribution in [0, 0.1) is 5.41 Å². The second-order valence-electron chi connectivity index (χ2n) is 8.35. The molecule has 0 unspecified atom stereocenters. The van der Waals surface area contributed by atoms with Crippen molar-refractivity contribution < 1.29 is 9.84 Å². The number of phenolic OH excluding ortho intramolecular Hbond substituents is 1. The number of hydrogen-bond acceptors (Lipinski definition) is 4. The summed E-state index contributed by atoms with van der Waals surface area (Å²) in [6, 6.07) is 8.01. The fraction of sp³-hybridized carbons (Fsp3) is 0.435. The van der Waals surface area contributed by atoms with Crippen molar-refractivity contribution in [3.63, 3.8) is 0 Å². The molecular formula is C23H30N2O2. The zero-order valence-electron chi connectivity index (χ0n) is 16.8. The first-order valence-electron chi connectivity index (χ1n) is 9.74. The normalized spacial score (nSPS) is 12.0. The Hall–Kier alpha value is -2.33. The number of rotatable bonds is 6. The van der Waals surface area contributed by atoms with Crippen molar-refractivity contribution in [3.8, 4) is 11.5 Å². The van der Waals surface area contributed by atoms with Crippen LogP contribution in [0.1, 0.15) is 51.7 Å². The summed E-state index contributed by atoms with van der Waals surface area (Å²) in [6.45, 7) is 9.55. The Labute approximate surface area is 161 Å². The second kappa shape index (κ2) is 7.73. The molecule has 0 spiro atoms. The summed E-state index contributed by atoms with van der Waals surface area (Å²) in [5.41, 5.74) is 8.58. The third-order valence-corrected chi connectivity index (χ3v) is 4.83. The van der Waals surface area contributed by atoms with E-state index in [-0.39, 0.29) is 11.2 Å². The average molecular weight is 367 g/mol. The van der Waals surface area contributed by atoms with E-state index in [1.807, 2.05) is 30.5 Å². The number of pyridine rings is 1. The van der Waals surface area contributed by atoms with Gasteiger partial charge in [-0.15, -0.1) is 0 Å². The lowest BCUT2D eigenvalue weighted by Crippen LogP contribution is -2.15. The van der Waals surface area contributed by atoms with Gasteiger partial charge in [-0.2, -0.15) is 0 Å². The molecule has 2 aromatic carbocycles. The predicted molar refractivity (Wildman–Crippen MR) is 112 cm³/mol. The fourth-order valence-electron chi connectivity index (χ4n) is 3.56. The van der Waals surface area contributed by atoms with Gasteiger partial charge in [-0.25, -0.2) is 0 Å². The molecule has 0 aliphatic heterocycles. The molecule has 0 aliphatic carbocycles. The monoisotopic (exact) mass is 366 g/mol. The molecule has 4 heteroatoms. The van der Waals surface area contributed by atoms with Gasteiger partial charge in [-0.1, -0.05) is 58.4 Å². The van der Waals surface area contributed by atoms with E-state index in [2.05, 4.69) is 32.7 Å². The molecule has 1 heterocycles.